The monoisotopic (exact) mass is 318 g/mol. The minimum absolute atomic E-state index is 0.0331. The molecule has 0 radical (unpaired) electrons. The molecule has 0 aliphatic carbocycles. The molecular formula is C15H30O5Si. The van der Waals surface area contributed by atoms with Crippen LogP contribution in [0.4, 0.5) is 0 Å². The second-order valence-corrected chi connectivity index (χ2v) is 9.77. The molecule has 2 heterocycles. The van der Waals surface area contributed by atoms with E-state index in [1.807, 2.05) is 20.8 Å². The van der Waals surface area contributed by atoms with E-state index in [1.54, 1.807) is 0 Å². The zero-order valence-corrected chi connectivity index (χ0v) is 15.2. The third kappa shape index (κ3) is 2.60. The van der Waals surface area contributed by atoms with Gasteiger partial charge in [-0.2, -0.15) is 0 Å². The number of rotatable bonds is 10. The largest absolute Gasteiger partial charge is 0.407 e. The lowest BCUT2D eigenvalue weighted by Gasteiger charge is -2.37. The zero-order chi connectivity index (χ0) is 15.7. The highest BCUT2D eigenvalue weighted by Gasteiger charge is 2.84. The second kappa shape index (κ2) is 6.26. The minimum Gasteiger partial charge on any atom is -0.407 e. The first kappa shape index (κ1) is 17.4. The molecule has 2 saturated heterocycles. The fraction of sp³-hybridized carbons (Fsp3) is 1.00. The highest BCUT2D eigenvalue weighted by molar-refractivity contribution is 6.79. The highest BCUT2D eigenvalue weighted by Crippen LogP contribution is 2.57. The van der Waals surface area contributed by atoms with E-state index in [0.29, 0.717) is 19.8 Å². The first-order valence-electron chi connectivity index (χ1n) is 8.21. The summed E-state index contributed by atoms with van der Waals surface area (Å²) in [6.45, 7) is 14.4. The third-order valence-corrected chi connectivity index (χ3v) is 9.33. The van der Waals surface area contributed by atoms with E-state index in [4.69, 9.17) is 23.4 Å². The van der Waals surface area contributed by atoms with Crippen LogP contribution in [0.25, 0.3) is 0 Å². The highest BCUT2D eigenvalue weighted by atomic mass is 28.4. The second-order valence-electron chi connectivity index (χ2n) is 6.02. The van der Waals surface area contributed by atoms with Crippen molar-refractivity contribution in [2.24, 2.45) is 0 Å². The van der Waals surface area contributed by atoms with Gasteiger partial charge in [0.2, 0.25) is 10.8 Å². The maximum Gasteiger partial charge on any atom is 0.325 e. The Morgan fingerprint density at radius 1 is 0.905 bits per heavy atom. The number of ether oxygens (including phenoxy) is 4. The smallest absolute Gasteiger partial charge is 0.325 e. The van der Waals surface area contributed by atoms with Gasteiger partial charge in [0.05, 0.1) is 0 Å². The number of epoxide rings is 2. The quantitative estimate of drug-likeness (QED) is 0.458. The average Bonchev–Trinajstić information content (AvgIpc) is 3.32. The summed E-state index contributed by atoms with van der Waals surface area (Å²) < 4.78 is 30.4. The van der Waals surface area contributed by atoms with Crippen molar-refractivity contribution in [2.75, 3.05) is 19.8 Å². The van der Waals surface area contributed by atoms with Crippen molar-refractivity contribution in [3.63, 3.8) is 0 Å². The van der Waals surface area contributed by atoms with E-state index in [0.717, 1.165) is 12.8 Å². The van der Waals surface area contributed by atoms with Gasteiger partial charge in [0.1, 0.15) is 12.2 Å². The van der Waals surface area contributed by atoms with Gasteiger partial charge in [-0.05, 0) is 40.2 Å². The molecule has 2 aliphatic rings. The molecule has 0 spiro atoms. The van der Waals surface area contributed by atoms with Crippen molar-refractivity contribution >= 4 is 8.32 Å². The fourth-order valence-corrected chi connectivity index (χ4v) is 7.85. The van der Waals surface area contributed by atoms with E-state index >= 15 is 0 Å². The van der Waals surface area contributed by atoms with Crippen LogP contribution in [0.5, 0.6) is 0 Å². The molecule has 2 aliphatic heterocycles. The van der Waals surface area contributed by atoms with Gasteiger partial charge in [0.15, 0.2) is 0 Å². The van der Waals surface area contributed by atoms with Gasteiger partial charge in [0.25, 0.3) is 0 Å². The van der Waals surface area contributed by atoms with Gasteiger partial charge < -0.3 is 23.4 Å². The Hall–Kier alpha value is 0.0169. The molecule has 4 atom stereocenters. The predicted octanol–water partition coefficient (Wildman–Crippen LogP) is 2.76. The summed E-state index contributed by atoms with van der Waals surface area (Å²) in [7, 11) is -2.57. The lowest BCUT2D eigenvalue weighted by molar-refractivity contribution is -0.0525. The molecule has 2 rings (SSSR count). The van der Waals surface area contributed by atoms with Crippen LogP contribution in [0.3, 0.4) is 0 Å². The summed E-state index contributed by atoms with van der Waals surface area (Å²) in [6.07, 6.45) is 1.97. The SMILES string of the molecule is CCCOC1([Si](C)(OCC)C2(OCCC)OC2C)OC1C. The third-order valence-electron chi connectivity index (χ3n) is 4.46. The molecule has 0 N–H and O–H groups in total. The van der Waals surface area contributed by atoms with Crippen LogP contribution in [0.2, 0.25) is 6.55 Å². The summed E-state index contributed by atoms with van der Waals surface area (Å²) in [5, 5.41) is 0. The van der Waals surface area contributed by atoms with Crippen molar-refractivity contribution in [2.45, 2.75) is 77.0 Å². The van der Waals surface area contributed by atoms with E-state index in [2.05, 4.69) is 20.4 Å². The van der Waals surface area contributed by atoms with Crippen LogP contribution in [0, 0.1) is 0 Å². The molecule has 124 valence electrons. The van der Waals surface area contributed by atoms with E-state index < -0.39 is 19.1 Å². The Morgan fingerprint density at radius 3 is 1.52 bits per heavy atom. The van der Waals surface area contributed by atoms with Crippen molar-refractivity contribution in [1.29, 1.82) is 0 Å². The molecule has 2 fully saturated rings. The molecular weight excluding hydrogens is 288 g/mol. The van der Waals surface area contributed by atoms with Gasteiger partial charge >= 0.3 is 8.32 Å². The molecule has 0 aromatic heterocycles. The number of hydrogen-bond acceptors (Lipinski definition) is 5. The lowest BCUT2D eigenvalue weighted by atomic mass is 10.5. The molecule has 0 aromatic carbocycles. The van der Waals surface area contributed by atoms with Crippen molar-refractivity contribution in [1.82, 2.24) is 0 Å². The molecule has 21 heavy (non-hydrogen) atoms. The fourth-order valence-electron chi connectivity index (χ4n) is 3.28. The molecule has 0 aromatic rings. The van der Waals surface area contributed by atoms with Crippen LogP contribution >= 0.6 is 0 Å². The van der Waals surface area contributed by atoms with Crippen LogP contribution in [0.1, 0.15) is 47.5 Å². The predicted molar refractivity (Wildman–Crippen MR) is 82.3 cm³/mol. The molecule has 0 amide bonds. The Kier molecular flexibility index (Phi) is 5.18. The zero-order valence-electron chi connectivity index (χ0n) is 14.2. The average molecular weight is 318 g/mol. The van der Waals surface area contributed by atoms with Gasteiger partial charge in [0, 0.05) is 19.8 Å². The summed E-state index contributed by atoms with van der Waals surface area (Å²) in [6, 6.07) is 0. The lowest BCUT2D eigenvalue weighted by Crippen LogP contribution is -2.66. The van der Waals surface area contributed by atoms with Gasteiger partial charge in [-0.25, -0.2) is 0 Å². The van der Waals surface area contributed by atoms with Crippen LogP contribution < -0.4 is 0 Å². The first-order valence-corrected chi connectivity index (χ1v) is 10.6. The first-order chi connectivity index (χ1) is 9.94. The normalized spacial score (nSPS) is 40.9. The van der Waals surface area contributed by atoms with Crippen molar-refractivity contribution in [3.8, 4) is 0 Å². The molecule has 6 heteroatoms. The summed E-state index contributed by atoms with van der Waals surface area (Å²) in [5.74, 6) is 0. The molecule has 0 saturated carbocycles. The Labute approximate surface area is 129 Å². The Bertz CT molecular complexity index is 338. The van der Waals surface area contributed by atoms with Crippen LogP contribution in [-0.4, -0.2) is 51.2 Å². The Balaban J connectivity index is 2.27. The van der Waals surface area contributed by atoms with Crippen molar-refractivity contribution < 1.29 is 23.4 Å². The summed E-state index contributed by atoms with van der Waals surface area (Å²) in [4.78, 5) is 0. The van der Waals surface area contributed by atoms with Gasteiger partial charge in [-0.15, -0.1) is 0 Å². The maximum absolute atomic E-state index is 6.26. The molecule has 4 unspecified atom stereocenters. The van der Waals surface area contributed by atoms with Crippen LogP contribution in [-0.2, 0) is 23.4 Å². The van der Waals surface area contributed by atoms with Gasteiger partial charge in [-0.1, -0.05) is 13.8 Å². The Morgan fingerprint density at radius 2 is 1.29 bits per heavy atom. The van der Waals surface area contributed by atoms with E-state index in [9.17, 15) is 0 Å². The molecule has 5 nitrogen and oxygen atoms in total. The van der Waals surface area contributed by atoms with Crippen LogP contribution in [0.15, 0.2) is 0 Å². The summed E-state index contributed by atoms with van der Waals surface area (Å²) >= 11 is 0. The van der Waals surface area contributed by atoms with E-state index in [1.165, 1.54) is 0 Å². The van der Waals surface area contributed by atoms with Crippen molar-refractivity contribution in [3.05, 3.63) is 0 Å². The number of hydrogen-bond donors (Lipinski definition) is 0. The summed E-state index contributed by atoms with van der Waals surface area (Å²) in [5.41, 5.74) is -1.28. The topological polar surface area (TPSA) is 52.8 Å². The standard InChI is InChI=1S/C15H30O5Si/c1-7-10-16-14(12(4)19-14)21(6,18-9-3)15(13(5)20-15)17-11-8-2/h12-13H,7-11H2,1-6H3. The minimum atomic E-state index is -2.57. The van der Waals surface area contributed by atoms with E-state index in [-0.39, 0.29) is 12.2 Å². The maximum atomic E-state index is 6.26. The van der Waals surface area contributed by atoms with Gasteiger partial charge in [-0.3, -0.25) is 0 Å². The molecule has 0 bridgehead atoms.